The number of thiophene rings is 1. The molecule has 1 amide bonds. The van der Waals surface area contributed by atoms with E-state index < -0.39 is 5.97 Å². The van der Waals surface area contributed by atoms with Gasteiger partial charge in [-0.3, -0.25) is 9.59 Å². The molecule has 1 spiro atoms. The van der Waals surface area contributed by atoms with Crippen LogP contribution in [0.3, 0.4) is 0 Å². The van der Waals surface area contributed by atoms with Gasteiger partial charge in [0.2, 0.25) is 0 Å². The molecule has 2 fully saturated rings. The maximum atomic E-state index is 12.8. The lowest BCUT2D eigenvalue weighted by molar-refractivity contribution is -0.139. The Bertz CT molecular complexity index is 742. The summed E-state index contributed by atoms with van der Waals surface area (Å²) >= 11 is 1.46. The van der Waals surface area contributed by atoms with Crippen molar-refractivity contribution in [3.8, 4) is 5.69 Å². The molecule has 1 unspecified atom stereocenters. The highest BCUT2D eigenvalue weighted by Gasteiger charge is 2.59. The standard InChI is InChI=1S/C17H18N2O3S/c20-15(14-13(3-10-23-14)18-6-1-2-7-18)19-8-4-17(5-9-19)11-12(17)16(21)22/h1-3,6-7,10,12H,4-5,8-9,11H2,(H,21,22). The molecule has 23 heavy (non-hydrogen) atoms. The first kappa shape index (κ1) is 14.5. The maximum absolute atomic E-state index is 12.8. The minimum Gasteiger partial charge on any atom is -0.481 e. The third-order valence-corrected chi connectivity index (χ3v) is 6.15. The van der Waals surface area contributed by atoms with Crippen LogP contribution in [0.15, 0.2) is 36.0 Å². The molecule has 1 aliphatic carbocycles. The predicted octanol–water partition coefficient (Wildman–Crippen LogP) is 2.87. The smallest absolute Gasteiger partial charge is 0.307 e. The molecule has 2 aromatic rings. The van der Waals surface area contributed by atoms with E-state index in [0.717, 1.165) is 29.8 Å². The average Bonchev–Trinajstić information content (AvgIpc) is 2.97. The van der Waals surface area contributed by atoms with Crippen LogP contribution in [0, 0.1) is 11.3 Å². The lowest BCUT2D eigenvalue weighted by atomic mass is 9.90. The fourth-order valence-corrected chi connectivity index (χ4v) is 4.57. The number of carbonyl (C=O) groups excluding carboxylic acids is 1. The van der Waals surface area contributed by atoms with Crippen LogP contribution in [0.2, 0.25) is 0 Å². The van der Waals surface area contributed by atoms with Crippen molar-refractivity contribution < 1.29 is 14.7 Å². The van der Waals surface area contributed by atoms with Crippen molar-refractivity contribution in [2.24, 2.45) is 11.3 Å². The summed E-state index contributed by atoms with van der Waals surface area (Å²) in [5.41, 5.74) is 0.876. The molecule has 120 valence electrons. The van der Waals surface area contributed by atoms with Gasteiger partial charge in [0.25, 0.3) is 5.91 Å². The van der Waals surface area contributed by atoms with Gasteiger partial charge in [0, 0.05) is 25.5 Å². The molecule has 1 saturated heterocycles. The zero-order valence-electron chi connectivity index (χ0n) is 12.6. The second kappa shape index (κ2) is 5.23. The highest BCUT2D eigenvalue weighted by molar-refractivity contribution is 7.12. The Kier molecular flexibility index (Phi) is 3.30. The lowest BCUT2D eigenvalue weighted by Gasteiger charge is -2.32. The Balaban J connectivity index is 1.48. The van der Waals surface area contributed by atoms with Crippen molar-refractivity contribution >= 4 is 23.2 Å². The van der Waals surface area contributed by atoms with E-state index >= 15 is 0 Å². The number of nitrogens with zero attached hydrogens (tertiary/aromatic N) is 2. The Hall–Kier alpha value is -2.08. The molecule has 5 nitrogen and oxygen atoms in total. The first-order valence-corrected chi connectivity index (χ1v) is 8.72. The molecule has 1 atom stereocenters. The van der Waals surface area contributed by atoms with Crippen molar-refractivity contribution in [1.29, 1.82) is 0 Å². The normalized spacial score (nSPS) is 22.3. The first-order chi connectivity index (χ1) is 11.1. The Morgan fingerprint density at radius 1 is 1.22 bits per heavy atom. The molecular weight excluding hydrogens is 312 g/mol. The molecule has 3 heterocycles. The van der Waals surface area contributed by atoms with Gasteiger partial charge in [-0.25, -0.2) is 0 Å². The summed E-state index contributed by atoms with van der Waals surface area (Å²) in [5.74, 6) is -0.819. The van der Waals surface area contributed by atoms with Gasteiger partial charge in [-0.2, -0.15) is 0 Å². The summed E-state index contributed by atoms with van der Waals surface area (Å²) in [6.07, 6.45) is 6.26. The summed E-state index contributed by atoms with van der Waals surface area (Å²) in [6, 6.07) is 5.84. The largest absolute Gasteiger partial charge is 0.481 e. The van der Waals surface area contributed by atoms with E-state index in [1.54, 1.807) is 0 Å². The quantitative estimate of drug-likeness (QED) is 0.941. The number of hydrogen-bond donors (Lipinski definition) is 1. The van der Waals surface area contributed by atoms with Crippen molar-refractivity contribution in [1.82, 2.24) is 9.47 Å². The van der Waals surface area contributed by atoms with E-state index in [4.69, 9.17) is 5.11 Å². The summed E-state index contributed by atoms with van der Waals surface area (Å²) in [7, 11) is 0. The molecule has 2 aromatic heterocycles. The highest BCUT2D eigenvalue weighted by Crippen LogP contribution is 2.59. The third kappa shape index (κ3) is 2.37. The lowest BCUT2D eigenvalue weighted by Crippen LogP contribution is -2.40. The van der Waals surface area contributed by atoms with Crippen molar-refractivity contribution in [3.63, 3.8) is 0 Å². The van der Waals surface area contributed by atoms with Crippen LogP contribution < -0.4 is 0 Å². The third-order valence-electron chi connectivity index (χ3n) is 5.26. The van der Waals surface area contributed by atoms with Gasteiger partial charge in [0.1, 0.15) is 4.88 Å². The number of likely N-dealkylation sites (tertiary alicyclic amines) is 1. The molecule has 1 aliphatic heterocycles. The number of amides is 1. The second-order valence-electron chi connectivity index (χ2n) is 6.47. The number of carboxylic acid groups (broad SMARTS) is 1. The number of aliphatic carboxylic acids is 1. The van der Waals surface area contributed by atoms with Crippen LogP contribution in [0.4, 0.5) is 0 Å². The minimum atomic E-state index is -0.682. The van der Waals surface area contributed by atoms with Gasteiger partial charge in [-0.1, -0.05) is 0 Å². The number of aromatic nitrogens is 1. The maximum Gasteiger partial charge on any atom is 0.307 e. The number of hydrogen-bond acceptors (Lipinski definition) is 3. The molecule has 2 aliphatic rings. The predicted molar refractivity (Wildman–Crippen MR) is 87.0 cm³/mol. The van der Waals surface area contributed by atoms with Gasteiger partial charge >= 0.3 is 5.97 Å². The average molecular weight is 330 g/mol. The summed E-state index contributed by atoms with van der Waals surface area (Å²) in [6.45, 7) is 1.32. The summed E-state index contributed by atoms with van der Waals surface area (Å²) in [4.78, 5) is 26.6. The van der Waals surface area contributed by atoms with Crippen molar-refractivity contribution in [2.45, 2.75) is 19.3 Å². The Morgan fingerprint density at radius 2 is 1.91 bits per heavy atom. The number of rotatable bonds is 3. The van der Waals surface area contributed by atoms with E-state index in [0.29, 0.717) is 13.1 Å². The number of piperidine rings is 1. The van der Waals surface area contributed by atoms with Crippen LogP contribution in [-0.2, 0) is 4.79 Å². The van der Waals surface area contributed by atoms with Crippen LogP contribution in [0.1, 0.15) is 28.9 Å². The van der Waals surface area contributed by atoms with Crippen LogP contribution in [-0.4, -0.2) is 39.5 Å². The molecule has 6 heteroatoms. The first-order valence-electron chi connectivity index (χ1n) is 7.84. The molecule has 1 N–H and O–H groups in total. The summed E-state index contributed by atoms with van der Waals surface area (Å²) < 4.78 is 1.95. The van der Waals surface area contributed by atoms with Crippen LogP contribution >= 0.6 is 11.3 Å². The van der Waals surface area contributed by atoms with Gasteiger partial charge in [-0.05, 0) is 48.3 Å². The van der Waals surface area contributed by atoms with Crippen molar-refractivity contribution in [3.05, 3.63) is 40.8 Å². The fraction of sp³-hybridized carbons (Fsp3) is 0.412. The van der Waals surface area contributed by atoms with Crippen LogP contribution in [0.25, 0.3) is 5.69 Å². The number of carboxylic acids is 1. The zero-order chi connectivity index (χ0) is 16.0. The van der Waals surface area contributed by atoms with Gasteiger partial charge in [-0.15, -0.1) is 11.3 Å². The second-order valence-corrected chi connectivity index (χ2v) is 7.39. The molecule has 0 bridgehead atoms. The van der Waals surface area contributed by atoms with Gasteiger partial charge < -0.3 is 14.6 Å². The molecule has 4 rings (SSSR count). The van der Waals surface area contributed by atoms with E-state index in [1.165, 1.54) is 11.3 Å². The minimum absolute atomic E-state index is 0.0404. The van der Waals surface area contributed by atoms with Crippen LogP contribution in [0.5, 0.6) is 0 Å². The van der Waals surface area contributed by atoms with E-state index in [-0.39, 0.29) is 17.2 Å². The summed E-state index contributed by atoms with van der Waals surface area (Å²) in [5, 5.41) is 11.1. The molecule has 0 radical (unpaired) electrons. The van der Waals surface area contributed by atoms with E-state index in [2.05, 4.69) is 0 Å². The molecular formula is C17H18N2O3S. The van der Waals surface area contributed by atoms with Gasteiger partial charge in [0.15, 0.2) is 0 Å². The van der Waals surface area contributed by atoms with Gasteiger partial charge in [0.05, 0.1) is 11.6 Å². The van der Waals surface area contributed by atoms with E-state index in [1.807, 2.05) is 45.4 Å². The zero-order valence-corrected chi connectivity index (χ0v) is 13.5. The SMILES string of the molecule is O=C(O)C1CC12CCN(C(=O)c1sccc1-n1cccc1)CC2. The van der Waals surface area contributed by atoms with E-state index in [9.17, 15) is 9.59 Å². The Labute approximate surface area is 138 Å². The highest BCUT2D eigenvalue weighted by atomic mass is 32.1. The molecule has 0 aromatic carbocycles. The Morgan fingerprint density at radius 3 is 2.52 bits per heavy atom. The monoisotopic (exact) mass is 330 g/mol. The topological polar surface area (TPSA) is 62.5 Å². The molecule has 1 saturated carbocycles. The number of carbonyl (C=O) groups is 2. The van der Waals surface area contributed by atoms with Crippen molar-refractivity contribution in [2.75, 3.05) is 13.1 Å². The fourth-order valence-electron chi connectivity index (χ4n) is 3.71.